The van der Waals surface area contributed by atoms with E-state index in [1.807, 2.05) is 19.0 Å². The van der Waals surface area contributed by atoms with Gasteiger partial charge in [0.25, 0.3) is 11.5 Å². The van der Waals surface area contributed by atoms with E-state index in [9.17, 15) is 9.59 Å². The first-order valence-electron chi connectivity index (χ1n) is 11.7. The molecule has 0 N–H and O–H groups in total. The van der Waals surface area contributed by atoms with Gasteiger partial charge in [-0.3, -0.25) is 14.5 Å². The predicted molar refractivity (Wildman–Crippen MR) is 132 cm³/mol. The Morgan fingerprint density at radius 2 is 1.79 bits per heavy atom. The molecule has 1 aromatic carbocycles. The fraction of sp³-hybridized carbons (Fsp3) is 0.462. The largest absolute Gasteiger partial charge is 0.496 e. The molecule has 0 spiro atoms. The van der Waals surface area contributed by atoms with Crippen molar-refractivity contribution in [3.8, 4) is 5.75 Å². The van der Waals surface area contributed by atoms with Crippen LogP contribution in [0.15, 0.2) is 41.2 Å². The summed E-state index contributed by atoms with van der Waals surface area (Å²) < 4.78 is 7.26. The summed E-state index contributed by atoms with van der Waals surface area (Å²) in [6, 6.07) is 9.93. The Labute approximate surface area is 195 Å². The van der Waals surface area contributed by atoms with Gasteiger partial charge in [-0.25, -0.2) is 0 Å². The number of fused-ring (bicyclic) bond motifs is 1. The molecular weight excluding hydrogens is 416 g/mol. The van der Waals surface area contributed by atoms with Crippen LogP contribution in [0.2, 0.25) is 0 Å². The van der Waals surface area contributed by atoms with E-state index in [-0.39, 0.29) is 11.5 Å². The lowest BCUT2D eigenvalue weighted by molar-refractivity contribution is 0.0787. The van der Waals surface area contributed by atoms with Crippen molar-refractivity contribution in [2.75, 3.05) is 58.8 Å². The quantitative estimate of drug-likeness (QED) is 0.677. The van der Waals surface area contributed by atoms with Gasteiger partial charge in [0, 0.05) is 77.2 Å². The van der Waals surface area contributed by atoms with Crippen molar-refractivity contribution >= 4 is 17.7 Å². The van der Waals surface area contributed by atoms with Gasteiger partial charge in [0.15, 0.2) is 0 Å². The molecule has 3 heterocycles. The Morgan fingerprint density at radius 1 is 1.06 bits per heavy atom. The fourth-order valence-corrected chi connectivity index (χ4v) is 4.67. The van der Waals surface area contributed by atoms with E-state index in [2.05, 4.69) is 46.2 Å². The molecule has 1 fully saturated rings. The smallest absolute Gasteiger partial charge is 0.259 e. The molecule has 0 radical (unpaired) electrons. The SMILES string of the molecule is COc1cc(=O)n2c(c1C(=O)N1CCCC1)CCN(C/C=C/c1ccc(N(C)C)cc1)CC2. The Hall–Kier alpha value is -3.06. The highest BCUT2D eigenvalue weighted by Gasteiger charge is 2.29. The highest BCUT2D eigenvalue weighted by molar-refractivity contribution is 5.98. The van der Waals surface area contributed by atoms with Crippen molar-refractivity contribution in [3.63, 3.8) is 0 Å². The van der Waals surface area contributed by atoms with Crippen LogP contribution in [-0.4, -0.2) is 74.2 Å². The maximum Gasteiger partial charge on any atom is 0.259 e. The molecule has 2 aliphatic rings. The highest BCUT2D eigenvalue weighted by Crippen LogP contribution is 2.26. The maximum atomic E-state index is 13.3. The summed E-state index contributed by atoms with van der Waals surface area (Å²) in [7, 11) is 5.60. The fourth-order valence-electron chi connectivity index (χ4n) is 4.67. The Morgan fingerprint density at radius 3 is 2.45 bits per heavy atom. The summed E-state index contributed by atoms with van der Waals surface area (Å²) >= 11 is 0. The van der Waals surface area contributed by atoms with E-state index in [0.29, 0.717) is 24.3 Å². The van der Waals surface area contributed by atoms with Gasteiger partial charge in [0.2, 0.25) is 0 Å². The summed E-state index contributed by atoms with van der Waals surface area (Å²) in [4.78, 5) is 32.4. The average Bonchev–Trinajstić information content (AvgIpc) is 3.27. The first-order valence-corrected chi connectivity index (χ1v) is 11.7. The maximum absolute atomic E-state index is 13.3. The van der Waals surface area contributed by atoms with Crippen molar-refractivity contribution in [2.45, 2.75) is 25.8 Å². The lowest BCUT2D eigenvalue weighted by Crippen LogP contribution is -2.33. The van der Waals surface area contributed by atoms with Crippen molar-refractivity contribution in [1.29, 1.82) is 0 Å². The van der Waals surface area contributed by atoms with Crippen LogP contribution in [0, 0.1) is 0 Å². The van der Waals surface area contributed by atoms with Crippen LogP contribution in [-0.2, 0) is 13.0 Å². The number of pyridine rings is 1. The molecular formula is C26H34N4O3. The zero-order valence-electron chi connectivity index (χ0n) is 19.9. The van der Waals surface area contributed by atoms with Crippen LogP contribution in [0.3, 0.4) is 0 Å². The molecule has 7 nitrogen and oxygen atoms in total. The van der Waals surface area contributed by atoms with Gasteiger partial charge >= 0.3 is 0 Å². The molecule has 1 amide bonds. The minimum atomic E-state index is -0.0989. The number of hydrogen-bond acceptors (Lipinski definition) is 5. The predicted octanol–water partition coefficient (Wildman–Crippen LogP) is 2.73. The van der Waals surface area contributed by atoms with E-state index < -0.39 is 0 Å². The van der Waals surface area contributed by atoms with Crippen LogP contribution in [0.25, 0.3) is 6.08 Å². The van der Waals surface area contributed by atoms with Gasteiger partial charge in [0.05, 0.1) is 7.11 Å². The number of methoxy groups -OCH3 is 1. The zero-order valence-corrected chi connectivity index (χ0v) is 19.9. The molecule has 0 aliphatic carbocycles. The number of ether oxygens (including phenoxy) is 1. The summed E-state index contributed by atoms with van der Waals surface area (Å²) in [5, 5.41) is 0. The third-order valence-corrected chi connectivity index (χ3v) is 6.60. The monoisotopic (exact) mass is 450 g/mol. The molecule has 4 rings (SSSR count). The van der Waals surface area contributed by atoms with Crippen molar-refractivity contribution < 1.29 is 9.53 Å². The molecule has 176 valence electrons. The van der Waals surface area contributed by atoms with Crippen LogP contribution in [0.1, 0.15) is 34.5 Å². The molecule has 2 aromatic rings. The summed E-state index contributed by atoms with van der Waals surface area (Å²) in [6.07, 6.45) is 7.00. The molecule has 7 heteroatoms. The number of rotatable bonds is 6. The minimum Gasteiger partial charge on any atom is -0.496 e. The normalized spacial score (nSPS) is 16.6. The molecule has 0 bridgehead atoms. The molecule has 0 unspecified atom stereocenters. The van der Waals surface area contributed by atoms with E-state index >= 15 is 0 Å². The standard InChI is InChI=1S/C26H34N4O3/c1-27(2)21-10-8-20(9-11-21)7-6-13-28-16-12-22-25(26(32)29-14-4-5-15-29)23(33-3)19-24(31)30(22)18-17-28/h6-11,19H,4-5,12-18H2,1-3H3/b7-6+. The number of carbonyl (C=O) groups excluding carboxylic acids is 1. The zero-order chi connectivity index (χ0) is 23.4. The van der Waals surface area contributed by atoms with E-state index in [4.69, 9.17) is 4.74 Å². The lowest BCUT2D eigenvalue weighted by Gasteiger charge is -2.21. The lowest BCUT2D eigenvalue weighted by atomic mass is 10.1. The molecule has 0 saturated carbocycles. The first kappa shape index (κ1) is 23.1. The number of amides is 1. The molecule has 33 heavy (non-hydrogen) atoms. The topological polar surface area (TPSA) is 58.0 Å². The first-order chi connectivity index (χ1) is 16.0. The second kappa shape index (κ2) is 10.3. The number of hydrogen-bond donors (Lipinski definition) is 0. The molecule has 1 saturated heterocycles. The molecule has 2 aliphatic heterocycles. The summed E-state index contributed by atoms with van der Waals surface area (Å²) in [5.41, 5.74) is 3.62. The Bertz CT molecular complexity index is 1070. The van der Waals surface area contributed by atoms with Crippen LogP contribution in [0.5, 0.6) is 5.75 Å². The number of aromatic nitrogens is 1. The Kier molecular flexibility index (Phi) is 7.18. The van der Waals surface area contributed by atoms with E-state index in [1.54, 1.807) is 4.57 Å². The summed E-state index contributed by atoms with van der Waals surface area (Å²) in [5.74, 6) is 0.389. The van der Waals surface area contributed by atoms with Crippen molar-refractivity contribution in [2.24, 2.45) is 0 Å². The number of benzene rings is 1. The van der Waals surface area contributed by atoms with E-state index in [0.717, 1.165) is 56.8 Å². The number of likely N-dealkylation sites (tertiary alicyclic amines) is 1. The van der Waals surface area contributed by atoms with Crippen molar-refractivity contribution in [1.82, 2.24) is 14.4 Å². The number of anilines is 1. The highest BCUT2D eigenvalue weighted by atomic mass is 16.5. The van der Waals surface area contributed by atoms with Gasteiger partial charge in [-0.1, -0.05) is 24.3 Å². The van der Waals surface area contributed by atoms with Crippen LogP contribution in [0.4, 0.5) is 5.69 Å². The number of nitrogens with zero attached hydrogens (tertiary/aromatic N) is 4. The van der Waals surface area contributed by atoms with Gasteiger partial charge in [-0.2, -0.15) is 0 Å². The van der Waals surface area contributed by atoms with E-state index in [1.165, 1.54) is 18.9 Å². The Balaban J connectivity index is 1.49. The van der Waals surface area contributed by atoms with Gasteiger partial charge in [-0.15, -0.1) is 0 Å². The second-order valence-electron chi connectivity index (χ2n) is 8.96. The molecule has 1 aromatic heterocycles. The molecule has 0 atom stereocenters. The van der Waals surface area contributed by atoms with Gasteiger partial charge in [0.1, 0.15) is 11.3 Å². The number of carbonyl (C=O) groups is 1. The third-order valence-electron chi connectivity index (χ3n) is 6.60. The van der Waals surface area contributed by atoms with Crippen LogP contribution < -0.4 is 15.2 Å². The average molecular weight is 451 g/mol. The second-order valence-corrected chi connectivity index (χ2v) is 8.96. The van der Waals surface area contributed by atoms with Crippen LogP contribution >= 0.6 is 0 Å². The van der Waals surface area contributed by atoms with Crippen molar-refractivity contribution in [3.05, 3.63) is 63.6 Å². The summed E-state index contributed by atoms with van der Waals surface area (Å²) in [6.45, 7) is 4.46. The van der Waals surface area contributed by atoms with Gasteiger partial charge < -0.3 is 19.1 Å². The minimum absolute atomic E-state index is 0.0115. The van der Waals surface area contributed by atoms with Gasteiger partial charge in [-0.05, 0) is 30.5 Å². The third kappa shape index (κ3) is 5.14.